The van der Waals surface area contributed by atoms with E-state index < -0.39 is 0 Å². The summed E-state index contributed by atoms with van der Waals surface area (Å²) in [6, 6.07) is 3.12. The van der Waals surface area contributed by atoms with E-state index in [1.165, 1.54) is 6.07 Å². The summed E-state index contributed by atoms with van der Waals surface area (Å²) in [7, 11) is 0. The average Bonchev–Trinajstić information content (AvgIpc) is 2.10. The Labute approximate surface area is 82.2 Å². The maximum atomic E-state index is 11.3. The molecule has 0 fully saturated rings. The number of halogens is 1. The van der Waals surface area contributed by atoms with Crippen molar-refractivity contribution in [3.05, 3.63) is 28.3 Å². The van der Waals surface area contributed by atoms with Crippen LogP contribution in [0.4, 0.5) is 0 Å². The highest BCUT2D eigenvalue weighted by Gasteiger charge is 2.11. The molecule has 0 unspecified atom stereocenters. The molecule has 0 aromatic heterocycles. The van der Waals surface area contributed by atoms with E-state index in [4.69, 9.17) is 11.6 Å². The SMILES string of the molecule is CCC(=O)c1cc(Cl)cc(C)c1O. The monoisotopic (exact) mass is 198 g/mol. The van der Waals surface area contributed by atoms with Crippen LogP contribution in [0.25, 0.3) is 0 Å². The van der Waals surface area contributed by atoms with Crippen molar-refractivity contribution in [3.8, 4) is 5.75 Å². The molecule has 1 rings (SSSR count). The van der Waals surface area contributed by atoms with Crippen LogP contribution in [-0.4, -0.2) is 10.9 Å². The highest BCUT2D eigenvalue weighted by molar-refractivity contribution is 6.31. The summed E-state index contributed by atoms with van der Waals surface area (Å²) in [5.41, 5.74) is 0.941. The summed E-state index contributed by atoms with van der Waals surface area (Å²) in [6.45, 7) is 3.46. The standard InChI is InChI=1S/C10H11ClO2/c1-3-9(12)8-5-7(11)4-6(2)10(8)13/h4-5,13H,3H2,1-2H3. The third kappa shape index (κ3) is 2.01. The quantitative estimate of drug-likeness (QED) is 0.742. The molecule has 0 radical (unpaired) electrons. The number of benzene rings is 1. The predicted molar refractivity (Wildman–Crippen MR) is 52.5 cm³/mol. The lowest BCUT2D eigenvalue weighted by Crippen LogP contribution is -1.98. The summed E-state index contributed by atoms with van der Waals surface area (Å²) in [4.78, 5) is 11.3. The fraction of sp³-hybridized carbons (Fsp3) is 0.300. The Morgan fingerprint density at radius 2 is 2.15 bits per heavy atom. The Hall–Kier alpha value is -1.02. The molecular formula is C10H11ClO2. The van der Waals surface area contributed by atoms with E-state index in [1.54, 1.807) is 19.9 Å². The van der Waals surface area contributed by atoms with Gasteiger partial charge in [-0.25, -0.2) is 0 Å². The summed E-state index contributed by atoms with van der Waals surface area (Å²) in [5.74, 6) is -0.0562. The van der Waals surface area contributed by atoms with E-state index in [0.29, 0.717) is 22.6 Å². The van der Waals surface area contributed by atoms with E-state index in [2.05, 4.69) is 0 Å². The number of phenolic OH excluding ortho intramolecular Hbond substituents is 1. The summed E-state index contributed by atoms with van der Waals surface area (Å²) >= 11 is 5.76. The van der Waals surface area contributed by atoms with Gasteiger partial charge >= 0.3 is 0 Å². The molecule has 0 aliphatic heterocycles. The number of hydrogen-bond donors (Lipinski definition) is 1. The van der Waals surface area contributed by atoms with Crippen LogP contribution in [-0.2, 0) is 0 Å². The maximum absolute atomic E-state index is 11.3. The van der Waals surface area contributed by atoms with Crippen molar-refractivity contribution in [2.75, 3.05) is 0 Å². The van der Waals surface area contributed by atoms with Gasteiger partial charge in [-0.1, -0.05) is 18.5 Å². The van der Waals surface area contributed by atoms with Crippen LogP contribution >= 0.6 is 11.6 Å². The summed E-state index contributed by atoms with van der Waals surface area (Å²) in [6.07, 6.45) is 0.368. The van der Waals surface area contributed by atoms with E-state index in [0.717, 1.165) is 0 Å². The number of hydrogen-bond acceptors (Lipinski definition) is 2. The molecule has 0 saturated heterocycles. The van der Waals surface area contributed by atoms with Gasteiger partial charge in [-0.05, 0) is 24.6 Å². The van der Waals surface area contributed by atoms with E-state index >= 15 is 0 Å². The Balaban J connectivity index is 3.28. The van der Waals surface area contributed by atoms with Gasteiger partial charge in [0, 0.05) is 11.4 Å². The van der Waals surface area contributed by atoms with Gasteiger partial charge in [0.15, 0.2) is 5.78 Å². The zero-order chi connectivity index (χ0) is 10.0. The third-order valence-electron chi connectivity index (χ3n) is 1.89. The van der Waals surface area contributed by atoms with Crippen LogP contribution in [0, 0.1) is 6.92 Å². The minimum absolute atomic E-state index is 0.0382. The molecule has 1 N–H and O–H groups in total. The van der Waals surface area contributed by atoms with Crippen molar-refractivity contribution in [1.29, 1.82) is 0 Å². The largest absolute Gasteiger partial charge is 0.507 e. The van der Waals surface area contributed by atoms with Crippen molar-refractivity contribution >= 4 is 17.4 Å². The first-order valence-corrected chi connectivity index (χ1v) is 4.46. The second-order valence-corrected chi connectivity index (χ2v) is 3.33. The molecule has 1 aromatic rings. The van der Waals surface area contributed by atoms with Crippen molar-refractivity contribution in [2.24, 2.45) is 0 Å². The van der Waals surface area contributed by atoms with Crippen LogP contribution in [0.2, 0.25) is 5.02 Å². The molecule has 0 aliphatic carbocycles. The first-order chi connectivity index (χ1) is 6.06. The zero-order valence-corrected chi connectivity index (χ0v) is 8.35. The molecule has 0 spiro atoms. The topological polar surface area (TPSA) is 37.3 Å². The van der Waals surface area contributed by atoms with Gasteiger partial charge in [-0.15, -0.1) is 0 Å². The summed E-state index contributed by atoms with van der Waals surface area (Å²) in [5, 5.41) is 10.0. The lowest BCUT2D eigenvalue weighted by atomic mass is 10.0. The molecule has 0 amide bonds. The molecular weight excluding hydrogens is 188 g/mol. The fourth-order valence-corrected chi connectivity index (χ4v) is 1.41. The first-order valence-electron chi connectivity index (χ1n) is 4.08. The van der Waals surface area contributed by atoms with Crippen LogP contribution in [0.1, 0.15) is 29.3 Å². The molecule has 0 saturated carbocycles. The Morgan fingerprint density at radius 1 is 1.54 bits per heavy atom. The lowest BCUT2D eigenvalue weighted by molar-refractivity contribution is 0.0985. The second kappa shape index (κ2) is 3.79. The van der Waals surface area contributed by atoms with Crippen LogP contribution in [0.3, 0.4) is 0 Å². The number of carbonyl (C=O) groups excluding carboxylic acids is 1. The molecule has 0 atom stereocenters. The number of ketones is 1. The highest BCUT2D eigenvalue weighted by atomic mass is 35.5. The van der Waals surface area contributed by atoms with E-state index in [9.17, 15) is 9.90 Å². The van der Waals surface area contributed by atoms with Crippen molar-refractivity contribution in [3.63, 3.8) is 0 Å². The molecule has 0 heterocycles. The van der Waals surface area contributed by atoms with Gasteiger partial charge < -0.3 is 5.11 Å². The third-order valence-corrected chi connectivity index (χ3v) is 2.11. The number of carbonyl (C=O) groups is 1. The van der Waals surface area contributed by atoms with Crippen molar-refractivity contribution in [1.82, 2.24) is 0 Å². The predicted octanol–water partition coefficient (Wildman–Crippen LogP) is 2.95. The number of phenols is 1. The van der Waals surface area contributed by atoms with Gasteiger partial charge in [0.1, 0.15) is 5.75 Å². The molecule has 1 aromatic carbocycles. The smallest absolute Gasteiger partial charge is 0.166 e. The van der Waals surface area contributed by atoms with Gasteiger partial charge in [-0.2, -0.15) is 0 Å². The number of aromatic hydroxyl groups is 1. The van der Waals surface area contributed by atoms with Gasteiger partial charge in [-0.3, -0.25) is 4.79 Å². The van der Waals surface area contributed by atoms with Gasteiger partial charge in [0.25, 0.3) is 0 Å². The number of rotatable bonds is 2. The normalized spacial score (nSPS) is 10.1. The Morgan fingerprint density at radius 3 is 2.69 bits per heavy atom. The molecule has 0 bridgehead atoms. The zero-order valence-electron chi connectivity index (χ0n) is 7.60. The highest BCUT2D eigenvalue weighted by Crippen LogP contribution is 2.27. The maximum Gasteiger partial charge on any atom is 0.166 e. The van der Waals surface area contributed by atoms with Crippen molar-refractivity contribution < 1.29 is 9.90 Å². The Kier molecular flexibility index (Phi) is 2.94. The summed E-state index contributed by atoms with van der Waals surface area (Å²) < 4.78 is 0. The molecule has 70 valence electrons. The van der Waals surface area contributed by atoms with Crippen LogP contribution in [0.15, 0.2) is 12.1 Å². The number of Topliss-reactive ketones (excluding diaryl/α,β-unsaturated/α-hetero) is 1. The molecule has 2 nitrogen and oxygen atoms in total. The van der Waals surface area contributed by atoms with E-state index in [1.807, 2.05) is 0 Å². The van der Waals surface area contributed by atoms with Crippen LogP contribution < -0.4 is 0 Å². The fourth-order valence-electron chi connectivity index (χ4n) is 1.14. The average molecular weight is 199 g/mol. The van der Waals surface area contributed by atoms with Gasteiger partial charge in [0.05, 0.1) is 5.56 Å². The molecule has 3 heteroatoms. The second-order valence-electron chi connectivity index (χ2n) is 2.90. The van der Waals surface area contributed by atoms with Gasteiger partial charge in [0.2, 0.25) is 0 Å². The molecule has 13 heavy (non-hydrogen) atoms. The Bertz CT molecular complexity index is 345. The molecule has 0 aliphatic rings. The first kappa shape index (κ1) is 10.1. The number of aryl methyl sites for hydroxylation is 1. The van der Waals surface area contributed by atoms with E-state index in [-0.39, 0.29) is 11.5 Å². The minimum Gasteiger partial charge on any atom is -0.507 e. The van der Waals surface area contributed by atoms with Crippen LogP contribution in [0.5, 0.6) is 5.75 Å². The minimum atomic E-state index is -0.0944. The van der Waals surface area contributed by atoms with Crippen molar-refractivity contribution in [2.45, 2.75) is 20.3 Å². The lowest BCUT2D eigenvalue weighted by Gasteiger charge is -2.05.